The Morgan fingerprint density at radius 2 is 1.55 bits per heavy atom. The first-order valence-corrected chi connectivity index (χ1v) is 8.36. The van der Waals surface area contributed by atoms with Crippen LogP contribution in [0.25, 0.3) is 5.57 Å². The Bertz CT molecular complexity index is 706. The van der Waals surface area contributed by atoms with Crippen LogP contribution in [0, 0.1) is 0 Å². The molecule has 0 spiro atoms. The van der Waals surface area contributed by atoms with Crippen molar-refractivity contribution in [1.29, 1.82) is 0 Å². The number of benzene rings is 2. The summed E-state index contributed by atoms with van der Waals surface area (Å²) in [5.74, 6) is 0. The van der Waals surface area contributed by atoms with Gasteiger partial charge in [0.25, 0.3) is 0 Å². The van der Waals surface area contributed by atoms with Crippen LogP contribution >= 0.6 is 0 Å². The molecule has 1 aliphatic carbocycles. The van der Waals surface area contributed by atoms with Crippen molar-refractivity contribution in [3.8, 4) is 0 Å². The second kappa shape index (κ2) is 5.40. The number of fused-ring (bicyclic) bond motifs is 1. The number of allylic oxidation sites excluding steroid dienone is 1. The van der Waals surface area contributed by atoms with E-state index in [1.165, 1.54) is 29.5 Å². The number of hydrogen-bond donors (Lipinski definition) is 1. The lowest BCUT2D eigenvalue weighted by Crippen LogP contribution is -2.28. The highest BCUT2D eigenvalue weighted by atomic mass is 14.9. The summed E-state index contributed by atoms with van der Waals surface area (Å²) in [5, 5.41) is 3.50. The van der Waals surface area contributed by atoms with E-state index in [0.717, 1.165) is 19.5 Å². The lowest BCUT2D eigenvalue weighted by Gasteiger charge is -2.31. The summed E-state index contributed by atoms with van der Waals surface area (Å²) in [6.45, 7) is 4.67. The minimum Gasteiger partial charge on any atom is -0.316 e. The van der Waals surface area contributed by atoms with E-state index in [1.54, 1.807) is 11.1 Å². The zero-order valence-electron chi connectivity index (χ0n) is 13.2. The molecule has 1 atom stereocenters. The van der Waals surface area contributed by atoms with Crippen LogP contribution in [0.4, 0.5) is 0 Å². The minimum absolute atomic E-state index is 0.123. The van der Waals surface area contributed by atoms with Crippen LogP contribution < -0.4 is 5.32 Å². The van der Waals surface area contributed by atoms with Crippen molar-refractivity contribution in [1.82, 2.24) is 5.32 Å². The van der Waals surface area contributed by atoms with Gasteiger partial charge in [-0.3, -0.25) is 0 Å². The molecule has 1 aliphatic heterocycles. The zero-order valence-corrected chi connectivity index (χ0v) is 13.2. The molecule has 1 fully saturated rings. The monoisotopic (exact) mass is 289 g/mol. The van der Waals surface area contributed by atoms with Crippen molar-refractivity contribution in [2.45, 2.75) is 31.6 Å². The third-order valence-electron chi connectivity index (χ3n) is 5.35. The number of hydrogen-bond acceptors (Lipinski definition) is 1. The third-order valence-corrected chi connectivity index (χ3v) is 5.35. The van der Waals surface area contributed by atoms with Gasteiger partial charge in [-0.25, -0.2) is 0 Å². The van der Waals surface area contributed by atoms with Gasteiger partial charge in [-0.2, -0.15) is 0 Å². The molecule has 0 bridgehead atoms. The van der Waals surface area contributed by atoms with Crippen molar-refractivity contribution in [3.63, 3.8) is 0 Å². The molecule has 0 amide bonds. The minimum atomic E-state index is 0.123. The predicted octanol–water partition coefficient (Wildman–Crippen LogP) is 4.34. The number of piperidine rings is 1. The van der Waals surface area contributed by atoms with Crippen molar-refractivity contribution in [2.24, 2.45) is 0 Å². The first-order valence-electron chi connectivity index (χ1n) is 8.36. The highest BCUT2D eigenvalue weighted by Gasteiger charge is 2.40. The molecule has 4 rings (SSSR count). The van der Waals surface area contributed by atoms with Gasteiger partial charge in [0.2, 0.25) is 0 Å². The van der Waals surface area contributed by atoms with E-state index >= 15 is 0 Å². The topological polar surface area (TPSA) is 12.0 Å². The molecule has 1 N–H and O–H groups in total. The van der Waals surface area contributed by atoms with Gasteiger partial charge < -0.3 is 5.32 Å². The Morgan fingerprint density at radius 3 is 2.32 bits per heavy atom. The number of nitrogens with one attached hydrogen (secondary N) is 1. The van der Waals surface area contributed by atoms with Crippen molar-refractivity contribution in [2.75, 3.05) is 13.1 Å². The van der Waals surface area contributed by atoms with Gasteiger partial charge >= 0.3 is 0 Å². The fourth-order valence-corrected chi connectivity index (χ4v) is 4.30. The molecule has 2 aromatic rings. The maximum absolute atomic E-state index is 3.50. The van der Waals surface area contributed by atoms with E-state index in [2.05, 4.69) is 66.8 Å². The summed E-state index contributed by atoms with van der Waals surface area (Å²) in [4.78, 5) is 0. The van der Waals surface area contributed by atoms with Gasteiger partial charge in [-0.15, -0.1) is 0 Å². The molecule has 0 saturated carbocycles. The zero-order chi connectivity index (χ0) is 15.0. The molecular weight excluding hydrogens is 266 g/mol. The van der Waals surface area contributed by atoms with Crippen LogP contribution in [0.5, 0.6) is 0 Å². The van der Waals surface area contributed by atoms with E-state index < -0.39 is 0 Å². The first kappa shape index (κ1) is 13.8. The van der Waals surface area contributed by atoms with Crippen LogP contribution in [0.2, 0.25) is 0 Å². The van der Waals surface area contributed by atoms with Crippen LogP contribution in [0.1, 0.15) is 36.5 Å². The molecule has 2 aromatic carbocycles. The van der Waals surface area contributed by atoms with Gasteiger partial charge in [0.1, 0.15) is 0 Å². The maximum atomic E-state index is 3.50. The van der Waals surface area contributed by atoms with Gasteiger partial charge in [0, 0.05) is 5.41 Å². The normalized spacial score (nSPS) is 24.4. The second-order valence-electron chi connectivity index (χ2n) is 6.76. The average Bonchev–Trinajstić information content (AvgIpc) is 2.90. The second-order valence-corrected chi connectivity index (χ2v) is 6.76. The predicted molar refractivity (Wildman–Crippen MR) is 93.0 cm³/mol. The Labute approximate surface area is 133 Å². The van der Waals surface area contributed by atoms with Gasteiger partial charge in [-0.1, -0.05) is 67.1 Å². The fraction of sp³-hybridized carbons (Fsp3) is 0.333. The molecule has 22 heavy (non-hydrogen) atoms. The van der Waals surface area contributed by atoms with Crippen LogP contribution in [-0.2, 0) is 11.8 Å². The van der Waals surface area contributed by atoms with E-state index in [-0.39, 0.29) is 5.41 Å². The standard InChI is InChI=1S/C21H23N/c1-21(18-8-3-2-4-9-18)15-17-7-5-6-10-19(17)20(21)16-11-13-22-14-12-16/h2-10,22H,11-15H2,1H3. The summed E-state index contributed by atoms with van der Waals surface area (Å²) in [5.41, 5.74) is 7.84. The molecule has 112 valence electrons. The lowest BCUT2D eigenvalue weighted by molar-refractivity contribution is 0.587. The van der Waals surface area contributed by atoms with Crippen molar-refractivity contribution in [3.05, 3.63) is 76.9 Å². The molecule has 1 heteroatoms. The van der Waals surface area contributed by atoms with Crippen LogP contribution in [0.15, 0.2) is 60.2 Å². The first-order chi connectivity index (χ1) is 10.8. The van der Waals surface area contributed by atoms with E-state index in [1.807, 2.05) is 0 Å². The molecule has 2 aliphatic rings. The Balaban J connectivity index is 1.92. The van der Waals surface area contributed by atoms with Gasteiger partial charge in [0.05, 0.1) is 0 Å². The SMILES string of the molecule is CC1(c2ccccc2)Cc2ccccc2C1=C1CCNCC1. The van der Waals surface area contributed by atoms with E-state index in [0.29, 0.717) is 0 Å². The van der Waals surface area contributed by atoms with Crippen molar-refractivity contribution < 1.29 is 0 Å². The average molecular weight is 289 g/mol. The number of rotatable bonds is 1. The smallest absolute Gasteiger partial charge is 0.0220 e. The summed E-state index contributed by atoms with van der Waals surface area (Å²) < 4.78 is 0. The van der Waals surface area contributed by atoms with Crippen molar-refractivity contribution >= 4 is 5.57 Å². The molecular formula is C21H23N. The summed E-state index contributed by atoms with van der Waals surface area (Å²) in [6, 6.07) is 20.1. The quantitative estimate of drug-likeness (QED) is 0.823. The summed E-state index contributed by atoms with van der Waals surface area (Å²) in [7, 11) is 0. The molecule has 0 radical (unpaired) electrons. The van der Waals surface area contributed by atoms with Gasteiger partial charge in [-0.05, 0) is 54.6 Å². The van der Waals surface area contributed by atoms with E-state index in [4.69, 9.17) is 0 Å². The Morgan fingerprint density at radius 1 is 0.864 bits per heavy atom. The molecule has 1 heterocycles. The lowest BCUT2D eigenvalue weighted by atomic mass is 9.73. The molecule has 0 aromatic heterocycles. The molecule has 1 nitrogen and oxygen atoms in total. The Hall–Kier alpha value is -1.86. The Kier molecular flexibility index (Phi) is 3.38. The molecule has 1 saturated heterocycles. The highest BCUT2D eigenvalue weighted by Crippen LogP contribution is 2.50. The van der Waals surface area contributed by atoms with Crippen LogP contribution in [-0.4, -0.2) is 13.1 Å². The highest BCUT2D eigenvalue weighted by molar-refractivity contribution is 5.84. The largest absolute Gasteiger partial charge is 0.316 e. The van der Waals surface area contributed by atoms with Gasteiger partial charge in [0.15, 0.2) is 0 Å². The summed E-state index contributed by atoms with van der Waals surface area (Å²) >= 11 is 0. The maximum Gasteiger partial charge on any atom is 0.0220 e. The third kappa shape index (κ3) is 2.12. The van der Waals surface area contributed by atoms with Crippen LogP contribution in [0.3, 0.4) is 0 Å². The van der Waals surface area contributed by atoms with E-state index in [9.17, 15) is 0 Å². The summed E-state index contributed by atoms with van der Waals surface area (Å²) in [6.07, 6.45) is 3.50. The fourth-order valence-electron chi connectivity index (χ4n) is 4.30. The molecule has 1 unspecified atom stereocenters.